The standard InChI is InChI=1S/C18H16F3NO4S/c1-26-16(23)17(18(19,20)21)11-13-7-5-6-8-14(13)12-22(17)27(24,25)15-9-3-2-4-10-15/h2-10H,11-12H2,1H3. The van der Waals surface area contributed by atoms with Crippen LogP contribution in [-0.4, -0.2) is 37.5 Å². The maximum Gasteiger partial charge on any atom is 0.418 e. The third-order valence-electron chi connectivity index (χ3n) is 4.63. The van der Waals surface area contributed by atoms with E-state index in [2.05, 4.69) is 4.74 Å². The summed E-state index contributed by atoms with van der Waals surface area (Å²) in [6.45, 7) is -0.595. The Balaban J connectivity index is 2.29. The molecule has 0 aromatic heterocycles. The topological polar surface area (TPSA) is 63.7 Å². The number of ether oxygens (including phenoxy) is 1. The van der Waals surface area contributed by atoms with Gasteiger partial charge in [-0.2, -0.15) is 17.5 Å². The van der Waals surface area contributed by atoms with E-state index in [0.717, 1.165) is 7.11 Å². The summed E-state index contributed by atoms with van der Waals surface area (Å²) >= 11 is 0. The van der Waals surface area contributed by atoms with Crippen molar-refractivity contribution >= 4 is 16.0 Å². The van der Waals surface area contributed by atoms with E-state index < -0.39 is 40.7 Å². The quantitative estimate of drug-likeness (QED) is 0.745. The van der Waals surface area contributed by atoms with Gasteiger partial charge in [-0.15, -0.1) is 0 Å². The minimum Gasteiger partial charge on any atom is -0.467 e. The first-order valence-corrected chi connectivity index (χ1v) is 9.38. The molecule has 5 nitrogen and oxygen atoms in total. The molecule has 9 heteroatoms. The van der Waals surface area contributed by atoms with Crippen LogP contribution in [0.25, 0.3) is 0 Å². The fraction of sp³-hybridized carbons (Fsp3) is 0.278. The monoisotopic (exact) mass is 399 g/mol. The average Bonchev–Trinajstić information content (AvgIpc) is 2.66. The van der Waals surface area contributed by atoms with Crippen molar-refractivity contribution in [2.75, 3.05) is 7.11 Å². The van der Waals surface area contributed by atoms with Crippen LogP contribution in [-0.2, 0) is 32.5 Å². The van der Waals surface area contributed by atoms with E-state index in [-0.39, 0.29) is 14.8 Å². The lowest BCUT2D eigenvalue weighted by molar-refractivity contribution is -0.230. The molecule has 0 saturated carbocycles. The summed E-state index contributed by atoms with van der Waals surface area (Å²) in [5, 5.41) is 0. The summed E-state index contributed by atoms with van der Waals surface area (Å²) in [5.74, 6) is -1.66. The Morgan fingerprint density at radius 2 is 1.59 bits per heavy atom. The Labute approximate surface area is 154 Å². The van der Waals surface area contributed by atoms with Crippen molar-refractivity contribution in [1.82, 2.24) is 4.31 Å². The number of carbonyl (C=O) groups is 1. The van der Waals surface area contributed by atoms with Crippen LogP contribution in [0.1, 0.15) is 11.1 Å². The lowest BCUT2D eigenvalue weighted by atomic mass is 9.84. The summed E-state index contributed by atoms with van der Waals surface area (Å²) in [6.07, 6.45) is -6.04. The van der Waals surface area contributed by atoms with E-state index in [9.17, 15) is 26.4 Å². The van der Waals surface area contributed by atoms with E-state index in [4.69, 9.17) is 0 Å². The summed E-state index contributed by atoms with van der Waals surface area (Å²) in [4.78, 5) is 12.1. The van der Waals surface area contributed by atoms with Crippen LogP contribution in [0.15, 0.2) is 59.5 Å². The van der Waals surface area contributed by atoms with Crippen LogP contribution >= 0.6 is 0 Å². The van der Waals surface area contributed by atoms with Crippen LogP contribution in [0, 0.1) is 0 Å². The zero-order chi connectivity index (χ0) is 19.9. The number of esters is 1. The van der Waals surface area contributed by atoms with Gasteiger partial charge in [-0.05, 0) is 23.3 Å². The van der Waals surface area contributed by atoms with Gasteiger partial charge in [-0.1, -0.05) is 42.5 Å². The minimum atomic E-state index is -5.19. The molecule has 1 atom stereocenters. The lowest BCUT2D eigenvalue weighted by Crippen LogP contribution is -2.68. The highest BCUT2D eigenvalue weighted by Gasteiger charge is 2.69. The van der Waals surface area contributed by atoms with Crippen molar-refractivity contribution in [3.8, 4) is 0 Å². The summed E-state index contributed by atoms with van der Waals surface area (Å²) in [7, 11) is -3.83. The molecule has 1 heterocycles. The predicted molar refractivity (Wildman–Crippen MR) is 90.1 cm³/mol. The number of rotatable bonds is 3. The Morgan fingerprint density at radius 1 is 1.04 bits per heavy atom. The van der Waals surface area contributed by atoms with Crippen LogP contribution in [0.3, 0.4) is 0 Å². The molecular weight excluding hydrogens is 383 g/mol. The Morgan fingerprint density at radius 3 is 2.15 bits per heavy atom. The SMILES string of the molecule is COC(=O)C1(C(F)(F)F)Cc2ccccc2CN1S(=O)(=O)c1ccccc1. The van der Waals surface area contributed by atoms with Crippen molar-refractivity contribution < 1.29 is 31.1 Å². The molecule has 0 saturated heterocycles. The molecule has 1 aliphatic heterocycles. The third kappa shape index (κ3) is 3.00. The van der Waals surface area contributed by atoms with E-state index in [1.807, 2.05) is 0 Å². The molecule has 0 radical (unpaired) electrons. The van der Waals surface area contributed by atoms with Gasteiger partial charge in [0.2, 0.25) is 15.6 Å². The Bertz CT molecular complexity index is 960. The molecule has 0 bridgehead atoms. The number of fused-ring (bicyclic) bond motifs is 1. The molecule has 3 rings (SSSR count). The van der Waals surface area contributed by atoms with Crippen LogP contribution in [0.5, 0.6) is 0 Å². The molecule has 2 aromatic rings. The first-order chi connectivity index (χ1) is 12.6. The van der Waals surface area contributed by atoms with Gasteiger partial charge >= 0.3 is 12.1 Å². The second-order valence-corrected chi connectivity index (χ2v) is 7.98. The fourth-order valence-corrected chi connectivity index (χ4v) is 4.97. The largest absolute Gasteiger partial charge is 0.467 e. The van der Waals surface area contributed by atoms with Gasteiger partial charge in [0.15, 0.2) is 0 Å². The predicted octanol–water partition coefficient (Wildman–Crippen LogP) is 2.91. The second-order valence-electron chi connectivity index (χ2n) is 6.12. The highest BCUT2D eigenvalue weighted by Crippen LogP contribution is 2.46. The molecule has 1 unspecified atom stereocenters. The van der Waals surface area contributed by atoms with Crippen LogP contribution in [0.2, 0.25) is 0 Å². The van der Waals surface area contributed by atoms with Crippen LogP contribution < -0.4 is 0 Å². The fourth-order valence-electron chi connectivity index (χ4n) is 3.25. The molecule has 0 fully saturated rings. The third-order valence-corrected chi connectivity index (χ3v) is 6.52. The van der Waals surface area contributed by atoms with Gasteiger partial charge in [0.25, 0.3) is 0 Å². The number of carbonyl (C=O) groups excluding carboxylic acids is 1. The normalized spacial score (nSPS) is 20.7. The van der Waals surface area contributed by atoms with Gasteiger partial charge in [0.1, 0.15) is 0 Å². The van der Waals surface area contributed by atoms with Crippen molar-refractivity contribution in [2.45, 2.75) is 29.6 Å². The summed E-state index contributed by atoms with van der Waals surface area (Å²) in [6, 6.07) is 12.9. The van der Waals surface area contributed by atoms with Crippen molar-refractivity contribution in [3.05, 3.63) is 65.7 Å². The smallest absolute Gasteiger partial charge is 0.418 e. The number of alkyl halides is 3. The van der Waals surface area contributed by atoms with E-state index in [0.29, 0.717) is 5.56 Å². The summed E-state index contributed by atoms with van der Waals surface area (Å²) in [5.41, 5.74) is -2.69. The first-order valence-electron chi connectivity index (χ1n) is 7.94. The molecule has 144 valence electrons. The molecule has 0 spiro atoms. The molecule has 27 heavy (non-hydrogen) atoms. The Kier molecular flexibility index (Phi) is 4.77. The molecular formula is C18H16F3NO4S. The number of methoxy groups -OCH3 is 1. The number of hydrogen-bond acceptors (Lipinski definition) is 4. The van der Waals surface area contributed by atoms with Crippen molar-refractivity contribution in [2.24, 2.45) is 0 Å². The number of sulfonamides is 1. The molecule has 2 aromatic carbocycles. The number of nitrogens with zero attached hydrogens (tertiary/aromatic N) is 1. The van der Waals surface area contributed by atoms with Gasteiger partial charge in [0, 0.05) is 13.0 Å². The van der Waals surface area contributed by atoms with Gasteiger partial charge < -0.3 is 4.74 Å². The lowest BCUT2D eigenvalue weighted by Gasteiger charge is -2.44. The average molecular weight is 399 g/mol. The van der Waals surface area contributed by atoms with E-state index in [1.54, 1.807) is 24.3 Å². The maximum atomic E-state index is 14.2. The maximum absolute atomic E-state index is 14.2. The van der Waals surface area contributed by atoms with Crippen molar-refractivity contribution in [1.29, 1.82) is 0 Å². The van der Waals surface area contributed by atoms with Crippen LogP contribution in [0.4, 0.5) is 13.2 Å². The summed E-state index contributed by atoms with van der Waals surface area (Å²) < 4.78 is 73.5. The van der Waals surface area contributed by atoms with Gasteiger partial charge in [-0.25, -0.2) is 13.2 Å². The minimum absolute atomic E-state index is 0.212. The zero-order valence-electron chi connectivity index (χ0n) is 14.2. The Hall–Kier alpha value is -2.39. The second kappa shape index (κ2) is 6.65. The number of benzene rings is 2. The zero-order valence-corrected chi connectivity index (χ0v) is 15.0. The van der Waals surface area contributed by atoms with Gasteiger partial charge in [-0.3, -0.25) is 0 Å². The highest BCUT2D eigenvalue weighted by molar-refractivity contribution is 7.89. The molecule has 1 aliphatic rings. The molecule has 0 aliphatic carbocycles. The van der Waals surface area contributed by atoms with Gasteiger partial charge in [0.05, 0.1) is 12.0 Å². The molecule has 0 N–H and O–H groups in total. The number of hydrogen-bond donors (Lipinski definition) is 0. The first kappa shape index (κ1) is 19.4. The van der Waals surface area contributed by atoms with Crippen molar-refractivity contribution in [3.63, 3.8) is 0 Å². The number of halogens is 3. The van der Waals surface area contributed by atoms with E-state index >= 15 is 0 Å². The molecule has 0 amide bonds. The van der Waals surface area contributed by atoms with E-state index in [1.165, 1.54) is 30.3 Å². The highest BCUT2D eigenvalue weighted by atomic mass is 32.2.